The number of hydrogen-bond acceptors (Lipinski definition) is 6. The molecule has 0 bridgehead atoms. The van der Waals surface area contributed by atoms with Crippen LogP contribution in [0.15, 0.2) is 66.7 Å². The number of carbonyl (C=O) groups is 1. The molecule has 8 nitrogen and oxygen atoms in total. The minimum absolute atomic E-state index is 0.00147. The predicted molar refractivity (Wildman–Crippen MR) is 147 cm³/mol. The Bertz CT molecular complexity index is 1420. The van der Waals surface area contributed by atoms with Gasteiger partial charge in [-0.15, -0.1) is 0 Å². The summed E-state index contributed by atoms with van der Waals surface area (Å²) in [6, 6.07) is 20.7. The van der Waals surface area contributed by atoms with Gasteiger partial charge < -0.3 is 24.2 Å². The zero-order valence-electron chi connectivity index (χ0n) is 21.7. The van der Waals surface area contributed by atoms with Crippen LogP contribution >= 0.6 is 11.6 Å². The van der Waals surface area contributed by atoms with Gasteiger partial charge in [0.2, 0.25) is 0 Å². The quantitative estimate of drug-likeness (QED) is 0.243. The number of benzene rings is 3. The van der Waals surface area contributed by atoms with Crippen molar-refractivity contribution >= 4 is 28.6 Å². The fourth-order valence-corrected chi connectivity index (χ4v) is 4.64. The van der Waals surface area contributed by atoms with E-state index in [1.807, 2.05) is 55.5 Å². The van der Waals surface area contributed by atoms with E-state index in [-0.39, 0.29) is 12.5 Å². The van der Waals surface area contributed by atoms with Crippen LogP contribution in [-0.4, -0.2) is 40.1 Å². The van der Waals surface area contributed by atoms with Crippen molar-refractivity contribution in [1.82, 2.24) is 9.71 Å². The molecule has 1 unspecified atom stereocenters. The monoisotopic (exact) mass is 550 g/mol. The van der Waals surface area contributed by atoms with E-state index < -0.39 is 12.1 Å². The van der Waals surface area contributed by atoms with Crippen molar-refractivity contribution in [1.29, 1.82) is 0 Å². The number of rotatable bonds is 11. The molecule has 0 saturated carbocycles. The maximum Gasteiger partial charge on any atom is 0.303 e. The third-order valence-corrected chi connectivity index (χ3v) is 6.85. The lowest BCUT2D eigenvalue weighted by Gasteiger charge is -2.25. The van der Waals surface area contributed by atoms with E-state index in [1.54, 1.807) is 22.9 Å². The number of carboxylic acid groups (broad SMARTS) is 1. The molecule has 9 heteroatoms. The maximum atomic E-state index is 11.2. The molecular weight excluding hydrogens is 520 g/mol. The standard InChI is InChI=1S/C30H31ClN2O6/c1-20(30-32-26-4-2-3-5-27(26)33(30)39-24-14-16-36-17-15-24)38-25-12-8-22(9-13-29(34)35)28(18-25)37-19-21-6-10-23(31)11-7-21/h2-8,10-12,18,20,24H,9,13-17,19H2,1H3,(H,34,35). The van der Waals surface area contributed by atoms with E-state index >= 15 is 0 Å². The second-order valence-electron chi connectivity index (χ2n) is 9.51. The van der Waals surface area contributed by atoms with Gasteiger partial charge >= 0.3 is 5.97 Å². The van der Waals surface area contributed by atoms with Gasteiger partial charge in [0.1, 0.15) is 29.7 Å². The summed E-state index contributed by atoms with van der Waals surface area (Å²) in [4.78, 5) is 22.4. The fourth-order valence-electron chi connectivity index (χ4n) is 4.51. The molecule has 4 aromatic rings. The molecule has 1 aliphatic heterocycles. The lowest BCUT2D eigenvalue weighted by molar-refractivity contribution is -0.136. The van der Waals surface area contributed by atoms with E-state index in [9.17, 15) is 9.90 Å². The largest absolute Gasteiger partial charge is 0.488 e. The van der Waals surface area contributed by atoms with Gasteiger partial charge in [-0.2, -0.15) is 4.73 Å². The van der Waals surface area contributed by atoms with Crippen LogP contribution in [0.1, 0.15) is 49.2 Å². The fraction of sp³-hybridized carbons (Fsp3) is 0.333. The van der Waals surface area contributed by atoms with Crippen LogP contribution in [0.3, 0.4) is 0 Å². The molecule has 5 rings (SSSR count). The summed E-state index contributed by atoms with van der Waals surface area (Å²) in [5.41, 5.74) is 3.44. The van der Waals surface area contributed by atoms with Gasteiger partial charge in [0.15, 0.2) is 11.9 Å². The van der Waals surface area contributed by atoms with E-state index in [0.717, 1.165) is 35.0 Å². The molecule has 0 radical (unpaired) electrons. The second-order valence-corrected chi connectivity index (χ2v) is 9.95. The smallest absolute Gasteiger partial charge is 0.303 e. The van der Waals surface area contributed by atoms with Crippen molar-refractivity contribution in [3.63, 3.8) is 0 Å². The summed E-state index contributed by atoms with van der Waals surface area (Å²) in [5.74, 6) is 0.942. The van der Waals surface area contributed by atoms with E-state index in [2.05, 4.69) is 0 Å². The summed E-state index contributed by atoms with van der Waals surface area (Å²) in [6.07, 6.45) is 1.56. The average Bonchev–Trinajstić information content (AvgIpc) is 3.31. The number of carboxylic acids is 1. The van der Waals surface area contributed by atoms with Crippen molar-refractivity contribution < 1.29 is 28.9 Å². The maximum absolute atomic E-state index is 11.2. The summed E-state index contributed by atoms with van der Waals surface area (Å²) in [7, 11) is 0. The summed E-state index contributed by atoms with van der Waals surface area (Å²) < 4.78 is 19.7. The summed E-state index contributed by atoms with van der Waals surface area (Å²) in [5, 5.41) is 9.85. The Kier molecular flexibility index (Phi) is 8.54. The molecule has 0 amide bonds. The first kappa shape index (κ1) is 26.8. The molecule has 1 aromatic heterocycles. The van der Waals surface area contributed by atoms with E-state index in [4.69, 9.17) is 35.6 Å². The zero-order valence-corrected chi connectivity index (χ0v) is 22.5. The molecule has 1 fully saturated rings. The Morgan fingerprint density at radius 2 is 1.90 bits per heavy atom. The van der Waals surface area contributed by atoms with Gasteiger partial charge in [0, 0.05) is 30.4 Å². The second kappa shape index (κ2) is 12.4. The van der Waals surface area contributed by atoms with Gasteiger partial charge in [-0.1, -0.05) is 41.9 Å². The van der Waals surface area contributed by atoms with Crippen LogP contribution in [0, 0.1) is 0 Å². The number of aromatic nitrogens is 2. The lowest BCUT2D eigenvalue weighted by Crippen LogP contribution is -2.32. The molecule has 0 spiro atoms. The molecule has 1 N–H and O–H groups in total. The van der Waals surface area contributed by atoms with E-state index in [1.165, 1.54) is 0 Å². The highest BCUT2D eigenvalue weighted by atomic mass is 35.5. The van der Waals surface area contributed by atoms with E-state index in [0.29, 0.717) is 48.6 Å². The molecule has 204 valence electrons. The molecule has 2 heterocycles. The minimum Gasteiger partial charge on any atom is -0.488 e. The highest BCUT2D eigenvalue weighted by Gasteiger charge is 2.24. The number of aryl methyl sites for hydroxylation is 1. The highest BCUT2D eigenvalue weighted by Crippen LogP contribution is 2.31. The summed E-state index contributed by atoms with van der Waals surface area (Å²) in [6.45, 7) is 3.58. The predicted octanol–water partition coefficient (Wildman–Crippen LogP) is 6.03. The third-order valence-electron chi connectivity index (χ3n) is 6.60. The van der Waals surface area contributed by atoms with Gasteiger partial charge in [-0.25, -0.2) is 4.98 Å². The molecule has 1 atom stereocenters. The molecule has 0 aliphatic carbocycles. The molecule has 3 aromatic carbocycles. The number of fused-ring (bicyclic) bond motifs is 1. The van der Waals surface area contributed by atoms with Crippen molar-refractivity contribution in [3.05, 3.63) is 88.7 Å². The van der Waals surface area contributed by atoms with Crippen LogP contribution in [0.4, 0.5) is 0 Å². The molecule has 39 heavy (non-hydrogen) atoms. The number of hydrogen-bond donors (Lipinski definition) is 1. The number of nitrogens with zero attached hydrogens (tertiary/aromatic N) is 2. The van der Waals surface area contributed by atoms with Crippen molar-refractivity contribution in [2.24, 2.45) is 0 Å². The average molecular weight is 551 g/mol. The number of ether oxygens (including phenoxy) is 3. The Morgan fingerprint density at radius 1 is 1.13 bits per heavy atom. The zero-order chi connectivity index (χ0) is 27.2. The SMILES string of the molecule is CC(Oc1ccc(CCC(=O)O)c(OCc2ccc(Cl)cc2)c1)c1nc2ccccc2n1OC1CCOCC1. The lowest BCUT2D eigenvalue weighted by atomic mass is 10.1. The highest BCUT2D eigenvalue weighted by molar-refractivity contribution is 6.30. The van der Waals surface area contributed by atoms with Gasteiger partial charge in [-0.05, 0) is 54.8 Å². The Balaban J connectivity index is 1.38. The first-order valence-corrected chi connectivity index (χ1v) is 13.4. The minimum atomic E-state index is -0.865. The molecular formula is C30H31ClN2O6. The van der Waals surface area contributed by atoms with Crippen LogP contribution in [-0.2, 0) is 22.6 Å². The number of halogens is 1. The van der Waals surface area contributed by atoms with Crippen molar-refractivity contribution in [3.8, 4) is 11.5 Å². The Hall–Kier alpha value is -3.75. The van der Waals surface area contributed by atoms with Crippen molar-refractivity contribution in [2.45, 2.75) is 51.4 Å². The number of aliphatic carboxylic acids is 1. The van der Waals surface area contributed by atoms with Crippen LogP contribution in [0.25, 0.3) is 11.0 Å². The molecule has 1 saturated heterocycles. The summed E-state index contributed by atoms with van der Waals surface area (Å²) >= 11 is 6.00. The third kappa shape index (κ3) is 6.82. The first-order chi connectivity index (χ1) is 19.0. The normalized spacial score (nSPS) is 14.7. The Morgan fingerprint density at radius 3 is 2.67 bits per heavy atom. The van der Waals surface area contributed by atoms with Gasteiger partial charge in [0.25, 0.3) is 0 Å². The molecule has 1 aliphatic rings. The number of imidazole rings is 1. The van der Waals surface area contributed by atoms with Gasteiger partial charge in [-0.3, -0.25) is 4.79 Å². The van der Waals surface area contributed by atoms with Crippen LogP contribution < -0.4 is 14.3 Å². The van der Waals surface area contributed by atoms with Gasteiger partial charge in [0.05, 0.1) is 18.7 Å². The first-order valence-electron chi connectivity index (χ1n) is 13.1. The topological polar surface area (TPSA) is 92.0 Å². The van der Waals surface area contributed by atoms with Crippen molar-refractivity contribution in [2.75, 3.05) is 13.2 Å². The van der Waals surface area contributed by atoms with Crippen LogP contribution in [0.2, 0.25) is 5.02 Å². The number of para-hydroxylation sites is 2. The van der Waals surface area contributed by atoms with Crippen LogP contribution in [0.5, 0.6) is 11.5 Å². The Labute approximate surface area is 232 Å².